The summed E-state index contributed by atoms with van der Waals surface area (Å²) in [6, 6.07) is 13.7. The number of unbranched alkanes of at least 4 members (excludes halogenated alkanes) is 1. The van der Waals surface area contributed by atoms with Crippen molar-refractivity contribution in [3.8, 4) is 11.5 Å². The van der Waals surface area contributed by atoms with Crippen molar-refractivity contribution in [2.45, 2.75) is 52.5 Å². The molecule has 3 rings (SSSR count). The maximum absolute atomic E-state index is 13.1. The Morgan fingerprint density at radius 3 is 2.21 bits per heavy atom. The number of aliphatic hydroxyl groups is 1. The van der Waals surface area contributed by atoms with Crippen molar-refractivity contribution in [2.24, 2.45) is 0 Å². The minimum absolute atomic E-state index is 0.103. The zero-order chi connectivity index (χ0) is 23.8. The SMILES string of the molecule is CCCCN1C(=O)C(=O)/C(=C(\O)c2ccc(OCCC)cc2)C1c1cccc(OCCC)c1. The Morgan fingerprint density at radius 2 is 1.58 bits per heavy atom. The van der Waals surface area contributed by atoms with Crippen LogP contribution in [0.4, 0.5) is 0 Å². The third-order valence-electron chi connectivity index (χ3n) is 5.54. The van der Waals surface area contributed by atoms with E-state index in [4.69, 9.17) is 9.47 Å². The molecule has 0 saturated carbocycles. The topological polar surface area (TPSA) is 76.1 Å². The van der Waals surface area contributed by atoms with E-state index in [9.17, 15) is 14.7 Å². The van der Waals surface area contributed by atoms with Crippen molar-refractivity contribution in [2.75, 3.05) is 19.8 Å². The van der Waals surface area contributed by atoms with Crippen LogP contribution < -0.4 is 9.47 Å². The smallest absolute Gasteiger partial charge is 0.295 e. The minimum atomic E-state index is -0.669. The summed E-state index contributed by atoms with van der Waals surface area (Å²) in [5.74, 6) is -0.0705. The minimum Gasteiger partial charge on any atom is -0.507 e. The summed E-state index contributed by atoms with van der Waals surface area (Å²) in [7, 11) is 0. The number of ether oxygens (including phenoxy) is 2. The lowest BCUT2D eigenvalue weighted by Gasteiger charge is -2.25. The van der Waals surface area contributed by atoms with Crippen LogP contribution in [0.15, 0.2) is 54.1 Å². The largest absolute Gasteiger partial charge is 0.507 e. The molecule has 0 radical (unpaired) electrons. The van der Waals surface area contributed by atoms with E-state index >= 15 is 0 Å². The van der Waals surface area contributed by atoms with Gasteiger partial charge in [-0.1, -0.05) is 39.3 Å². The summed E-state index contributed by atoms with van der Waals surface area (Å²) in [6.45, 7) is 7.71. The molecular weight excluding hydrogens is 418 g/mol. The van der Waals surface area contributed by atoms with Crippen LogP contribution in [0.3, 0.4) is 0 Å². The van der Waals surface area contributed by atoms with E-state index in [1.807, 2.05) is 45.0 Å². The average Bonchev–Trinajstić information content (AvgIpc) is 3.09. The first-order valence-electron chi connectivity index (χ1n) is 11.8. The molecule has 0 aromatic heterocycles. The fourth-order valence-electron chi connectivity index (χ4n) is 3.86. The highest BCUT2D eigenvalue weighted by atomic mass is 16.5. The Balaban J connectivity index is 2.05. The maximum atomic E-state index is 13.1. The number of aliphatic hydroxyl groups excluding tert-OH is 1. The summed E-state index contributed by atoms with van der Waals surface area (Å²) in [5, 5.41) is 11.2. The number of likely N-dealkylation sites (tertiary alicyclic amines) is 1. The molecule has 6 nitrogen and oxygen atoms in total. The Bertz CT molecular complexity index is 996. The third kappa shape index (κ3) is 5.56. The van der Waals surface area contributed by atoms with Gasteiger partial charge in [0.25, 0.3) is 11.7 Å². The van der Waals surface area contributed by atoms with Crippen LogP contribution >= 0.6 is 0 Å². The van der Waals surface area contributed by atoms with Crippen LogP contribution in [-0.4, -0.2) is 41.5 Å². The number of carbonyl (C=O) groups is 2. The van der Waals surface area contributed by atoms with Gasteiger partial charge in [0.1, 0.15) is 17.3 Å². The number of hydrogen-bond acceptors (Lipinski definition) is 5. The predicted octanol–water partition coefficient (Wildman–Crippen LogP) is 5.49. The first-order chi connectivity index (χ1) is 16.0. The fraction of sp³-hybridized carbons (Fsp3) is 0.407. The van der Waals surface area contributed by atoms with Gasteiger partial charge in [0.05, 0.1) is 24.8 Å². The summed E-state index contributed by atoms with van der Waals surface area (Å²) < 4.78 is 11.4. The lowest BCUT2D eigenvalue weighted by Crippen LogP contribution is -2.30. The molecule has 1 aliphatic rings. The van der Waals surface area contributed by atoms with Crippen LogP contribution in [-0.2, 0) is 9.59 Å². The molecule has 2 aromatic carbocycles. The molecule has 33 heavy (non-hydrogen) atoms. The molecule has 1 heterocycles. The molecule has 176 valence electrons. The molecule has 1 saturated heterocycles. The highest BCUT2D eigenvalue weighted by molar-refractivity contribution is 6.46. The van der Waals surface area contributed by atoms with E-state index in [1.54, 1.807) is 29.2 Å². The summed E-state index contributed by atoms with van der Waals surface area (Å²) in [5.41, 5.74) is 1.31. The molecule has 2 aromatic rings. The van der Waals surface area contributed by atoms with Crippen LogP contribution in [0.5, 0.6) is 11.5 Å². The predicted molar refractivity (Wildman–Crippen MR) is 128 cm³/mol. The van der Waals surface area contributed by atoms with Gasteiger partial charge in [0, 0.05) is 12.1 Å². The number of hydrogen-bond donors (Lipinski definition) is 1. The van der Waals surface area contributed by atoms with E-state index in [0.29, 0.717) is 36.8 Å². The Morgan fingerprint density at radius 1 is 0.909 bits per heavy atom. The third-order valence-corrected chi connectivity index (χ3v) is 5.54. The van der Waals surface area contributed by atoms with Crippen LogP contribution in [0, 0.1) is 0 Å². The fourth-order valence-corrected chi connectivity index (χ4v) is 3.86. The summed E-state index contributed by atoms with van der Waals surface area (Å²) in [4.78, 5) is 27.6. The van der Waals surface area contributed by atoms with Gasteiger partial charge in [0.2, 0.25) is 0 Å². The van der Waals surface area contributed by atoms with Crippen molar-refractivity contribution < 1.29 is 24.2 Å². The molecule has 1 unspecified atom stereocenters. The number of nitrogens with zero attached hydrogens (tertiary/aromatic N) is 1. The first-order valence-corrected chi connectivity index (χ1v) is 11.8. The highest BCUT2D eigenvalue weighted by Crippen LogP contribution is 2.40. The van der Waals surface area contributed by atoms with Crippen molar-refractivity contribution in [3.05, 3.63) is 65.2 Å². The van der Waals surface area contributed by atoms with Crippen LogP contribution in [0.25, 0.3) is 5.76 Å². The quantitative estimate of drug-likeness (QED) is 0.278. The van der Waals surface area contributed by atoms with Crippen molar-refractivity contribution in [3.63, 3.8) is 0 Å². The Labute approximate surface area is 195 Å². The standard InChI is InChI=1S/C27H33NO5/c1-4-7-15-28-24(20-9-8-10-22(18-20)33-17-6-3)23(26(30)27(28)31)25(29)19-11-13-21(14-12-19)32-16-5-2/h8-14,18,24,29H,4-7,15-17H2,1-3H3/b25-23-. The molecule has 6 heteroatoms. The van der Waals surface area contributed by atoms with Gasteiger partial charge in [-0.2, -0.15) is 0 Å². The van der Waals surface area contributed by atoms with E-state index in [2.05, 4.69) is 0 Å². The number of amides is 1. The molecule has 0 bridgehead atoms. The summed E-state index contributed by atoms with van der Waals surface area (Å²) >= 11 is 0. The molecule has 1 N–H and O–H groups in total. The van der Waals surface area contributed by atoms with Gasteiger partial charge in [-0.15, -0.1) is 0 Å². The van der Waals surface area contributed by atoms with Crippen LogP contribution in [0.1, 0.15) is 63.6 Å². The molecule has 0 aliphatic carbocycles. The zero-order valence-electron chi connectivity index (χ0n) is 19.7. The average molecular weight is 452 g/mol. The molecule has 1 aliphatic heterocycles. The normalized spacial score (nSPS) is 17.4. The lowest BCUT2D eigenvalue weighted by molar-refractivity contribution is -0.139. The maximum Gasteiger partial charge on any atom is 0.295 e. The first kappa shape index (κ1) is 24.4. The molecule has 1 atom stereocenters. The molecular formula is C27H33NO5. The van der Waals surface area contributed by atoms with Crippen molar-refractivity contribution in [1.29, 1.82) is 0 Å². The monoisotopic (exact) mass is 451 g/mol. The van der Waals surface area contributed by atoms with Crippen molar-refractivity contribution >= 4 is 17.4 Å². The van der Waals surface area contributed by atoms with Crippen molar-refractivity contribution in [1.82, 2.24) is 4.90 Å². The molecule has 0 spiro atoms. The molecule has 1 amide bonds. The van der Waals surface area contributed by atoms with Gasteiger partial charge in [-0.25, -0.2) is 0 Å². The second-order valence-electron chi connectivity index (χ2n) is 8.14. The number of ketones is 1. The van der Waals surface area contributed by atoms with Gasteiger partial charge >= 0.3 is 0 Å². The van der Waals surface area contributed by atoms with Gasteiger partial charge in [-0.3, -0.25) is 9.59 Å². The van der Waals surface area contributed by atoms with E-state index in [0.717, 1.165) is 31.2 Å². The number of Topliss-reactive ketones (excluding diaryl/α,β-unsaturated/α-hetero) is 1. The second-order valence-corrected chi connectivity index (χ2v) is 8.14. The molecule has 1 fully saturated rings. The van der Waals surface area contributed by atoms with E-state index < -0.39 is 17.7 Å². The highest BCUT2D eigenvalue weighted by Gasteiger charge is 2.45. The van der Waals surface area contributed by atoms with Gasteiger partial charge in [-0.05, 0) is 61.2 Å². The lowest BCUT2D eigenvalue weighted by atomic mass is 9.95. The number of carbonyl (C=O) groups excluding carboxylic acids is 2. The van der Waals surface area contributed by atoms with Gasteiger partial charge < -0.3 is 19.5 Å². The number of benzene rings is 2. The second kappa shape index (κ2) is 11.5. The summed E-state index contributed by atoms with van der Waals surface area (Å²) in [6.07, 6.45) is 3.41. The zero-order valence-corrected chi connectivity index (χ0v) is 19.7. The van der Waals surface area contributed by atoms with Crippen LogP contribution in [0.2, 0.25) is 0 Å². The number of rotatable bonds is 11. The Hall–Kier alpha value is -3.28. The van der Waals surface area contributed by atoms with E-state index in [1.165, 1.54) is 0 Å². The van der Waals surface area contributed by atoms with E-state index in [-0.39, 0.29) is 11.3 Å². The van der Waals surface area contributed by atoms with Gasteiger partial charge in [0.15, 0.2) is 0 Å². The Kier molecular flexibility index (Phi) is 8.52.